The first kappa shape index (κ1) is 6.43. The van der Waals surface area contributed by atoms with Crippen LogP contribution in [0.4, 0.5) is 0 Å². The summed E-state index contributed by atoms with van der Waals surface area (Å²) >= 11 is 2.03. The van der Waals surface area contributed by atoms with Gasteiger partial charge in [0.15, 0.2) is 0 Å². The van der Waals surface area contributed by atoms with Gasteiger partial charge in [-0.1, -0.05) is 0 Å². The fourth-order valence-electron chi connectivity index (χ4n) is 0.831. The second-order valence-corrected chi connectivity index (χ2v) is 3.56. The summed E-state index contributed by atoms with van der Waals surface area (Å²) in [6, 6.07) is 0. The van der Waals surface area contributed by atoms with E-state index in [1.165, 1.54) is 18.6 Å². The van der Waals surface area contributed by atoms with Crippen LogP contribution in [0.15, 0.2) is 0 Å². The van der Waals surface area contributed by atoms with E-state index in [0.29, 0.717) is 6.61 Å². The van der Waals surface area contributed by atoms with Gasteiger partial charge in [0.2, 0.25) is 0 Å². The van der Waals surface area contributed by atoms with Crippen molar-refractivity contribution in [3.63, 3.8) is 0 Å². The number of hydrogen-bond acceptors (Lipinski definition) is 2. The van der Waals surface area contributed by atoms with Gasteiger partial charge in [-0.05, 0) is 25.0 Å². The molecule has 0 aromatic rings. The minimum Gasteiger partial charge on any atom is -0.396 e. The van der Waals surface area contributed by atoms with Crippen molar-refractivity contribution >= 4 is 11.8 Å². The Morgan fingerprint density at radius 2 is 2.38 bits per heavy atom. The lowest BCUT2D eigenvalue weighted by Gasteiger charge is -2.23. The zero-order valence-corrected chi connectivity index (χ0v) is 5.78. The zero-order valence-electron chi connectivity index (χ0n) is 4.97. The Kier molecular flexibility index (Phi) is 2.70. The highest BCUT2D eigenvalue weighted by Gasteiger charge is 2.16. The van der Waals surface area contributed by atoms with Crippen LogP contribution in [0.2, 0.25) is 0 Å². The van der Waals surface area contributed by atoms with Crippen LogP contribution in [-0.2, 0) is 0 Å². The van der Waals surface area contributed by atoms with Gasteiger partial charge in [-0.2, -0.15) is 11.8 Å². The summed E-state index contributed by atoms with van der Waals surface area (Å²) in [5.41, 5.74) is 0. The third-order valence-electron chi connectivity index (χ3n) is 1.48. The highest BCUT2D eigenvalue weighted by molar-refractivity contribution is 8.01. The Morgan fingerprint density at radius 3 is 2.75 bits per heavy atom. The number of aliphatic hydroxyl groups is 1. The standard InChI is InChI=1S/C6H12OS/c7-4-1-2-6-3-5-8-6/h6-7H,1-5H2. The molecule has 48 valence electrons. The van der Waals surface area contributed by atoms with Crippen LogP contribution in [0, 0.1) is 0 Å². The van der Waals surface area contributed by atoms with E-state index in [0.717, 1.165) is 11.7 Å². The van der Waals surface area contributed by atoms with Gasteiger partial charge >= 0.3 is 0 Å². The molecule has 1 heterocycles. The second-order valence-electron chi connectivity index (χ2n) is 2.15. The van der Waals surface area contributed by atoms with Gasteiger partial charge in [-0.25, -0.2) is 0 Å². The van der Waals surface area contributed by atoms with Crippen molar-refractivity contribution in [1.82, 2.24) is 0 Å². The van der Waals surface area contributed by atoms with E-state index < -0.39 is 0 Å². The molecule has 1 N–H and O–H groups in total. The van der Waals surface area contributed by atoms with Gasteiger partial charge < -0.3 is 5.11 Å². The Balaban J connectivity index is 1.86. The summed E-state index contributed by atoms with van der Waals surface area (Å²) in [5.74, 6) is 1.34. The Morgan fingerprint density at radius 1 is 1.62 bits per heavy atom. The molecule has 2 heteroatoms. The van der Waals surface area contributed by atoms with E-state index in [-0.39, 0.29) is 0 Å². The molecule has 1 atom stereocenters. The van der Waals surface area contributed by atoms with E-state index in [1.807, 2.05) is 11.8 Å². The first-order valence-electron chi connectivity index (χ1n) is 3.16. The maximum Gasteiger partial charge on any atom is 0.0431 e. The smallest absolute Gasteiger partial charge is 0.0431 e. The lowest BCUT2D eigenvalue weighted by atomic mass is 10.2. The molecule has 1 saturated heterocycles. The molecule has 1 fully saturated rings. The monoisotopic (exact) mass is 132 g/mol. The van der Waals surface area contributed by atoms with Crippen LogP contribution in [0.25, 0.3) is 0 Å². The predicted octanol–water partition coefficient (Wildman–Crippen LogP) is 1.26. The second kappa shape index (κ2) is 3.36. The van der Waals surface area contributed by atoms with Gasteiger partial charge in [0.1, 0.15) is 0 Å². The van der Waals surface area contributed by atoms with Gasteiger partial charge in [0.05, 0.1) is 0 Å². The fraction of sp³-hybridized carbons (Fsp3) is 1.00. The van der Waals surface area contributed by atoms with Crippen LogP contribution in [0.3, 0.4) is 0 Å². The number of thioether (sulfide) groups is 1. The summed E-state index contributed by atoms with van der Waals surface area (Å²) < 4.78 is 0. The third-order valence-corrected chi connectivity index (χ3v) is 2.89. The van der Waals surface area contributed by atoms with E-state index in [2.05, 4.69) is 0 Å². The lowest BCUT2D eigenvalue weighted by Crippen LogP contribution is -2.15. The van der Waals surface area contributed by atoms with Crippen molar-refractivity contribution in [2.45, 2.75) is 24.5 Å². The van der Waals surface area contributed by atoms with Crippen LogP contribution >= 0.6 is 11.8 Å². The van der Waals surface area contributed by atoms with Crippen LogP contribution < -0.4 is 0 Å². The maximum absolute atomic E-state index is 8.43. The van der Waals surface area contributed by atoms with Gasteiger partial charge in [0, 0.05) is 11.9 Å². The molecule has 1 aliphatic rings. The Labute approximate surface area is 54.5 Å². The molecule has 0 bridgehead atoms. The average Bonchev–Trinajstić information content (AvgIpc) is 1.63. The van der Waals surface area contributed by atoms with Crippen molar-refractivity contribution in [2.75, 3.05) is 12.4 Å². The SMILES string of the molecule is OCCCC1CCS1. The summed E-state index contributed by atoms with van der Waals surface area (Å²) in [6.07, 6.45) is 3.60. The number of hydrogen-bond donors (Lipinski definition) is 1. The van der Waals surface area contributed by atoms with Gasteiger partial charge in [-0.3, -0.25) is 0 Å². The molecule has 8 heavy (non-hydrogen) atoms. The Bertz CT molecular complexity index is 61.5. The normalized spacial score (nSPS) is 27.4. The van der Waals surface area contributed by atoms with E-state index in [9.17, 15) is 0 Å². The summed E-state index contributed by atoms with van der Waals surface area (Å²) in [4.78, 5) is 0. The Hall–Kier alpha value is 0.310. The first-order chi connectivity index (χ1) is 3.93. The van der Waals surface area contributed by atoms with Crippen LogP contribution in [0.5, 0.6) is 0 Å². The minimum absolute atomic E-state index is 0.372. The molecular weight excluding hydrogens is 120 g/mol. The van der Waals surface area contributed by atoms with E-state index in [1.54, 1.807) is 0 Å². The largest absolute Gasteiger partial charge is 0.396 e. The van der Waals surface area contributed by atoms with Crippen molar-refractivity contribution < 1.29 is 5.11 Å². The molecule has 1 aliphatic heterocycles. The molecule has 0 aliphatic carbocycles. The van der Waals surface area contributed by atoms with Crippen molar-refractivity contribution in [2.24, 2.45) is 0 Å². The van der Waals surface area contributed by atoms with Crippen molar-refractivity contribution in [3.8, 4) is 0 Å². The molecule has 0 radical (unpaired) electrons. The fourth-order valence-corrected chi connectivity index (χ4v) is 1.73. The molecule has 0 aromatic carbocycles. The number of rotatable bonds is 3. The highest BCUT2D eigenvalue weighted by Crippen LogP contribution is 2.30. The maximum atomic E-state index is 8.43. The van der Waals surface area contributed by atoms with Crippen LogP contribution in [-0.4, -0.2) is 22.7 Å². The molecule has 0 aromatic heterocycles. The number of aliphatic hydroxyl groups excluding tert-OH is 1. The van der Waals surface area contributed by atoms with Crippen LogP contribution in [0.1, 0.15) is 19.3 Å². The zero-order chi connectivity index (χ0) is 5.82. The molecule has 0 amide bonds. The molecule has 1 nitrogen and oxygen atoms in total. The molecular formula is C6H12OS. The first-order valence-corrected chi connectivity index (χ1v) is 4.21. The van der Waals surface area contributed by atoms with E-state index >= 15 is 0 Å². The summed E-state index contributed by atoms with van der Waals surface area (Å²) in [6.45, 7) is 0.372. The quantitative estimate of drug-likeness (QED) is 0.624. The topological polar surface area (TPSA) is 20.2 Å². The summed E-state index contributed by atoms with van der Waals surface area (Å²) in [5, 5.41) is 9.32. The molecule has 0 spiro atoms. The molecule has 1 unspecified atom stereocenters. The minimum atomic E-state index is 0.372. The molecule has 0 saturated carbocycles. The summed E-state index contributed by atoms with van der Waals surface area (Å²) in [7, 11) is 0. The highest BCUT2D eigenvalue weighted by atomic mass is 32.2. The van der Waals surface area contributed by atoms with Crippen molar-refractivity contribution in [3.05, 3.63) is 0 Å². The lowest BCUT2D eigenvalue weighted by molar-refractivity contribution is 0.283. The average molecular weight is 132 g/mol. The molecule has 1 rings (SSSR count). The predicted molar refractivity (Wildman–Crippen MR) is 37.2 cm³/mol. The van der Waals surface area contributed by atoms with E-state index in [4.69, 9.17) is 5.11 Å². The van der Waals surface area contributed by atoms with Gasteiger partial charge in [0.25, 0.3) is 0 Å². The van der Waals surface area contributed by atoms with Crippen molar-refractivity contribution in [1.29, 1.82) is 0 Å². The van der Waals surface area contributed by atoms with Gasteiger partial charge in [-0.15, -0.1) is 0 Å². The third kappa shape index (κ3) is 1.67.